The Morgan fingerprint density at radius 1 is 1.11 bits per heavy atom. The van der Waals surface area contributed by atoms with Crippen LogP contribution in [0.15, 0.2) is 60.8 Å². The Morgan fingerprint density at radius 2 is 1.81 bits per heavy atom. The van der Waals surface area contributed by atoms with Gasteiger partial charge in [-0.1, -0.05) is 48.5 Å². The van der Waals surface area contributed by atoms with E-state index in [0.717, 1.165) is 22.0 Å². The molecule has 0 aliphatic carbocycles. The number of aromatic amines is 1. The van der Waals surface area contributed by atoms with Crippen LogP contribution in [0.4, 0.5) is 0 Å². The van der Waals surface area contributed by atoms with Crippen LogP contribution in [-0.2, 0) is 31.7 Å². The lowest BCUT2D eigenvalue weighted by Gasteiger charge is -2.17. The van der Waals surface area contributed by atoms with Gasteiger partial charge in [-0.3, -0.25) is 14.6 Å². The lowest BCUT2D eigenvalue weighted by atomic mass is 10.1. The van der Waals surface area contributed by atoms with Crippen LogP contribution in [0.2, 0.25) is 0 Å². The molecule has 0 amide bonds. The summed E-state index contributed by atoms with van der Waals surface area (Å²) in [6.45, 7) is 0.175. The molecule has 3 rings (SSSR count). The lowest BCUT2D eigenvalue weighted by molar-refractivity contribution is -0.143. The molecular weight excluding hydrogens is 371 g/mol. The second-order valence-electron chi connectivity index (χ2n) is 5.91. The highest BCUT2D eigenvalue weighted by Crippen LogP contribution is 2.36. The van der Waals surface area contributed by atoms with E-state index in [0.29, 0.717) is 0 Å². The van der Waals surface area contributed by atoms with Crippen LogP contribution in [0, 0.1) is 0 Å². The number of carbonyl (C=O) groups excluding carboxylic acids is 1. The number of para-hydroxylation sites is 1. The SMILES string of the molecule is O=C(OP(=O)(O)O)[C@H](Cc1c[nH]c2ccccc12)NOCc1ccccc1. The molecule has 0 fully saturated rings. The van der Waals surface area contributed by atoms with Gasteiger partial charge in [0.05, 0.1) is 6.61 Å². The molecule has 1 aromatic heterocycles. The van der Waals surface area contributed by atoms with E-state index in [2.05, 4.69) is 15.0 Å². The van der Waals surface area contributed by atoms with Crippen LogP contribution < -0.4 is 5.48 Å². The summed E-state index contributed by atoms with van der Waals surface area (Å²) in [7, 11) is -4.96. The second-order valence-corrected chi connectivity index (χ2v) is 7.07. The Morgan fingerprint density at radius 3 is 2.56 bits per heavy atom. The number of rotatable bonds is 8. The van der Waals surface area contributed by atoms with Gasteiger partial charge in [0.2, 0.25) is 0 Å². The van der Waals surface area contributed by atoms with Gasteiger partial charge >= 0.3 is 13.8 Å². The Labute approximate surface area is 155 Å². The Hall–Kier alpha value is -2.48. The first-order chi connectivity index (χ1) is 12.9. The average Bonchev–Trinajstić information content (AvgIpc) is 3.03. The van der Waals surface area contributed by atoms with E-state index < -0.39 is 19.8 Å². The summed E-state index contributed by atoms with van der Waals surface area (Å²) in [5, 5.41) is 0.899. The molecule has 27 heavy (non-hydrogen) atoms. The van der Waals surface area contributed by atoms with Crippen LogP contribution in [0.3, 0.4) is 0 Å². The predicted molar refractivity (Wildman–Crippen MR) is 98.3 cm³/mol. The maximum Gasteiger partial charge on any atom is 0.527 e. The molecule has 1 heterocycles. The first-order valence-electron chi connectivity index (χ1n) is 8.17. The van der Waals surface area contributed by atoms with Crippen molar-refractivity contribution in [2.45, 2.75) is 19.1 Å². The summed E-state index contributed by atoms with van der Waals surface area (Å²) in [5.41, 5.74) is 5.11. The molecule has 0 spiro atoms. The van der Waals surface area contributed by atoms with E-state index >= 15 is 0 Å². The molecule has 0 unspecified atom stereocenters. The summed E-state index contributed by atoms with van der Waals surface area (Å²) >= 11 is 0. The molecule has 1 atom stereocenters. The number of phosphoric ester groups is 1. The van der Waals surface area contributed by atoms with Gasteiger partial charge in [0.1, 0.15) is 6.04 Å². The van der Waals surface area contributed by atoms with Crippen molar-refractivity contribution in [3.63, 3.8) is 0 Å². The van der Waals surface area contributed by atoms with Crippen molar-refractivity contribution in [3.8, 4) is 0 Å². The van der Waals surface area contributed by atoms with Crippen LogP contribution in [0.25, 0.3) is 10.9 Å². The van der Waals surface area contributed by atoms with E-state index in [4.69, 9.17) is 14.6 Å². The quantitative estimate of drug-likeness (QED) is 0.344. The predicted octanol–water partition coefficient (Wildman–Crippen LogP) is 2.44. The molecule has 3 aromatic rings. The summed E-state index contributed by atoms with van der Waals surface area (Å²) in [6.07, 6.45) is 1.86. The summed E-state index contributed by atoms with van der Waals surface area (Å²) in [6, 6.07) is 15.7. The van der Waals surface area contributed by atoms with Gasteiger partial charge < -0.3 is 9.51 Å². The molecule has 0 radical (unpaired) electrons. The Balaban J connectivity index is 1.72. The van der Waals surface area contributed by atoms with Crippen molar-refractivity contribution in [2.75, 3.05) is 0 Å². The first-order valence-corrected chi connectivity index (χ1v) is 9.70. The summed E-state index contributed by atoms with van der Waals surface area (Å²) in [5.74, 6) is -1.10. The number of benzene rings is 2. The van der Waals surface area contributed by atoms with Gasteiger partial charge in [-0.05, 0) is 17.2 Å². The minimum Gasteiger partial charge on any atom is -0.369 e. The van der Waals surface area contributed by atoms with E-state index in [1.165, 1.54) is 0 Å². The van der Waals surface area contributed by atoms with Crippen LogP contribution >= 0.6 is 7.82 Å². The number of aromatic nitrogens is 1. The highest BCUT2D eigenvalue weighted by molar-refractivity contribution is 7.46. The van der Waals surface area contributed by atoms with Crippen molar-refractivity contribution in [2.24, 2.45) is 0 Å². The molecule has 0 bridgehead atoms. The third-order valence-electron chi connectivity index (χ3n) is 3.90. The summed E-state index contributed by atoms with van der Waals surface area (Å²) < 4.78 is 15.3. The van der Waals surface area contributed by atoms with Gasteiger partial charge in [-0.15, -0.1) is 0 Å². The minimum absolute atomic E-state index is 0.123. The largest absolute Gasteiger partial charge is 0.527 e. The van der Waals surface area contributed by atoms with Gasteiger partial charge in [0.25, 0.3) is 0 Å². The highest BCUT2D eigenvalue weighted by atomic mass is 31.2. The molecule has 8 nitrogen and oxygen atoms in total. The third-order valence-corrected chi connectivity index (χ3v) is 4.32. The smallest absolute Gasteiger partial charge is 0.369 e. The van der Waals surface area contributed by atoms with Gasteiger partial charge in [-0.2, -0.15) is 5.48 Å². The Kier molecular flexibility index (Phi) is 6.05. The average molecular weight is 390 g/mol. The van der Waals surface area contributed by atoms with Crippen LogP contribution in [0.5, 0.6) is 0 Å². The van der Waals surface area contributed by atoms with E-state index in [1.807, 2.05) is 54.6 Å². The zero-order valence-electron chi connectivity index (χ0n) is 14.2. The maximum absolute atomic E-state index is 12.2. The number of carbonyl (C=O) groups is 1. The number of nitrogens with one attached hydrogen (secondary N) is 2. The zero-order chi connectivity index (χ0) is 19.3. The van der Waals surface area contributed by atoms with Crippen molar-refractivity contribution in [3.05, 3.63) is 71.9 Å². The molecule has 0 aliphatic heterocycles. The molecule has 0 saturated carbocycles. The fraction of sp³-hybridized carbons (Fsp3) is 0.167. The standard InChI is InChI=1S/C18H19N2O6P/c21-18(26-27(22,23)24)17(20-25-12-13-6-2-1-3-7-13)10-14-11-19-16-9-5-4-8-15(14)16/h1-9,11,17,19-20H,10,12H2,(H2,22,23,24)/t17-/m0/s1. The lowest BCUT2D eigenvalue weighted by Crippen LogP contribution is -2.39. The monoisotopic (exact) mass is 390 g/mol. The van der Waals surface area contributed by atoms with Gasteiger partial charge in [0, 0.05) is 23.5 Å². The minimum atomic E-state index is -4.96. The molecule has 9 heteroatoms. The molecule has 2 aromatic carbocycles. The van der Waals surface area contributed by atoms with E-state index in [9.17, 15) is 9.36 Å². The third kappa shape index (κ3) is 5.50. The molecule has 142 valence electrons. The number of phosphoric acid groups is 1. The maximum atomic E-state index is 12.2. The Bertz CT molecular complexity index is 953. The van der Waals surface area contributed by atoms with Crippen LogP contribution in [-0.4, -0.2) is 26.8 Å². The van der Waals surface area contributed by atoms with E-state index in [1.54, 1.807) is 6.20 Å². The number of hydrogen-bond acceptors (Lipinski definition) is 5. The fourth-order valence-electron chi connectivity index (χ4n) is 2.67. The normalized spacial score (nSPS) is 12.8. The summed E-state index contributed by atoms with van der Waals surface area (Å²) in [4.78, 5) is 38.5. The van der Waals surface area contributed by atoms with Crippen molar-refractivity contribution >= 4 is 24.7 Å². The van der Waals surface area contributed by atoms with Gasteiger partial charge in [0.15, 0.2) is 0 Å². The van der Waals surface area contributed by atoms with Crippen molar-refractivity contribution < 1.29 is 28.5 Å². The zero-order valence-corrected chi connectivity index (χ0v) is 15.1. The van der Waals surface area contributed by atoms with Crippen molar-refractivity contribution in [1.29, 1.82) is 0 Å². The number of fused-ring (bicyclic) bond motifs is 1. The first kappa shape index (κ1) is 19.3. The number of hydroxylamine groups is 1. The molecule has 0 aliphatic rings. The molecule has 0 saturated heterocycles. The molecule has 4 N–H and O–H groups in total. The van der Waals surface area contributed by atoms with E-state index in [-0.39, 0.29) is 13.0 Å². The number of hydrogen-bond donors (Lipinski definition) is 4. The second kappa shape index (κ2) is 8.47. The topological polar surface area (TPSA) is 121 Å². The van der Waals surface area contributed by atoms with Crippen LogP contribution in [0.1, 0.15) is 11.1 Å². The highest BCUT2D eigenvalue weighted by Gasteiger charge is 2.29. The fourth-order valence-corrected chi connectivity index (χ4v) is 3.04. The van der Waals surface area contributed by atoms with Crippen molar-refractivity contribution in [1.82, 2.24) is 10.5 Å². The molecular formula is C18H19N2O6P. The number of H-pyrrole nitrogens is 1. The van der Waals surface area contributed by atoms with Gasteiger partial charge in [-0.25, -0.2) is 9.36 Å².